The summed E-state index contributed by atoms with van der Waals surface area (Å²) in [5.74, 6) is 1.36. The normalized spacial score (nSPS) is 10.9. The first-order valence-electron chi connectivity index (χ1n) is 9.73. The third-order valence-electron chi connectivity index (χ3n) is 4.73. The number of furan rings is 1. The Balaban J connectivity index is 1.56. The number of amides is 1. The number of hydrogen-bond donors (Lipinski definition) is 1. The summed E-state index contributed by atoms with van der Waals surface area (Å²) in [7, 11) is 0. The zero-order valence-corrected chi connectivity index (χ0v) is 17.6. The number of rotatable bonds is 7. The van der Waals surface area contributed by atoms with Gasteiger partial charge in [-0.15, -0.1) is 10.2 Å². The summed E-state index contributed by atoms with van der Waals surface area (Å²) in [6, 6.07) is 19.5. The molecule has 2 heterocycles. The van der Waals surface area contributed by atoms with E-state index in [-0.39, 0.29) is 11.7 Å². The topological polar surface area (TPSA) is 73.0 Å². The van der Waals surface area contributed by atoms with Crippen LogP contribution in [0.1, 0.15) is 18.1 Å². The summed E-state index contributed by atoms with van der Waals surface area (Å²) >= 11 is 1.34. The molecular weight excluding hydrogens is 396 g/mol. The van der Waals surface area contributed by atoms with E-state index in [4.69, 9.17) is 4.42 Å². The van der Waals surface area contributed by atoms with Gasteiger partial charge in [0.25, 0.3) is 0 Å². The molecule has 0 fully saturated rings. The number of nitrogens with zero attached hydrogens (tertiary/aromatic N) is 3. The molecule has 7 heteroatoms. The van der Waals surface area contributed by atoms with E-state index in [0.717, 1.165) is 28.9 Å². The van der Waals surface area contributed by atoms with Gasteiger partial charge in [-0.2, -0.15) is 0 Å². The van der Waals surface area contributed by atoms with Gasteiger partial charge in [0.2, 0.25) is 11.7 Å². The van der Waals surface area contributed by atoms with E-state index in [2.05, 4.69) is 22.4 Å². The minimum Gasteiger partial charge on any atom is -0.461 e. The highest BCUT2D eigenvalue weighted by molar-refractivity contribution is 7.99. The lowest BCUT2D eigenvalue weighted by atomic mass is 10.1. The summed E-state index contributed by atoms with van der Waals surface area (Å²) in [6.45, 7) is 4.08. The Morgan fingerprint density at radius 2 is 1.90 bits per heavy atom. The molecule has 2 aromatic heterocycles. The fourth-order valence-corrected chi connectivity index (χ4v) is 4.00. The van der Waals surface area contributed by atoms with Crippen LogP contribution in [0.15, 0.2) is 76.5 Å². The molecule has 152 valence electrons. The predicted molar refractivity (Wildman–Crippen MR) is 119 cm³/mol. The van der Waals surface area contributed by atoms with Crippen molar-refractivity contribution in [2.75, 3.05) is 11.1 Å². The van der Waals surface area contributed by atoms with Crippen molar-refractivity contribution in [2.24, 2.45) is 0 Å². The molecule has 0 aliphatic heterocycles. The second kappa shape index (κ2) is 9.00. The maximum absolute atomic E-state index is 12.7. The SMILES string of the molecule is CCc1cccc(C)c1NC(=O)CSc1nnc(-c2ccco2)n1-c1ccccc1. The average molecular weight is 419 g/mol. The van der Waals surface area contributed by atoms with Gasteiger partial charge in [0, 0.05) is 11.4 Å². The van der Waals surface area contributed by atoms with Crippen LogP contribution in [0.5, 0.6) is 0 Å². The average Bonchev–Trinajstić information content (AvgIpc) is 3.44. The number of para-hydroxylation sites is 2. The summed E-state index contributed by atoms with van der Waals surface area (Å²) in [6.07, 6.45) is 2.46. The van der Waals surface area contributed by atoms with Gasteiger partial charge in [0.1, 0.15) is 0 Å². The molecule has 0 unspecified atom stereocenters. The second-order valence-electron chi connectivity index (χ2n) is 6.75. The maximum Gasteiger partial charge on any atom is 0.234 e. The summed E-state index contributed by atoms with van der Waals surface area (Å²) in [4.78, 5) is 12.7. The van der Waals surface area contributed by atoms with Crippen molar-refractivity contribution in [3.63, 3.8) is 0 Å². The Hall–Kier alpha value is -3.32. The number of aryl methyl sites for hydroxylation is 2. The fraction of sp³-hybridized carbons (Fsp3) is 0.174. The molecule has 0 saturated carbocycles. The molecule has 2 aromatic carbocycles. The lowest BCUT2D eigenvalue weighted by molar-refractivity contribution is -0.113. The summed E-state index contributed by atoms with van der Waals surface area (Å²) in [5.41, 5.74) is 3.98. The van der Waals surface area contributed by atoms with Crippen molar-refractivity contribution in [1.82, 2.24) is 14.8 Å². The lowest BCUT2D eigenvalue weighted by Crippen LogP contribution is -2.16. The molecule has 0 aliphatic carbocycles. The smallest absolute Gasteiger partial charge is 0.234 e. The Morgan fingerprint density at radius 1 is 1.07 bits per heavy atom. The standard InChI is InChI=1S/C23H22N4O2S/c1-3-17-10-7-9-16(2)21(17)24-20(28)15-30-23-26-25-22(19-13-8-14-29-19)27(23)18-11-5-4-6-12-18/h4-14H,3,15H2,1-2H3,(H,24,28). The summed E-state index contributed by atoms with van der Waals surface area (Å²) in [5, 5.41) is 12.3. The van der Waals surface area contributed by atoms with Gasteiger partial charge in [0.15, 0.2) is 10.9 Å². The van der Waals surface area contributed by atoms with Gasteiger partial charge in [-0.25, -0.2) is 0 Å². The number of thioether (sulfide) groups is 1. The van der Waals surface area contributed by atoms with E-state index >= 15 is 0 Å². The molecule has 0 aliphatic rings. The van der Waals surface area contributed by atoms with Crippen molar-refractivity contribution in [1.29, 1.82) is 0 Å². The zero-order chi connectivity index (χ0) is 20.9. The molecule has 4 rings (SSSR count). The third-order valence-corrected chi connectivity index (χ3v) is 5.66. The van der Waals surface area contributed by atoms with Crippen molar-refractivity contribution in [3.05, 3.63) is 78.1 Å². The van der Waals surface area contributed by atoms with Gasteiger partial charge in [0.05, 0.1) is 12.0 Å². The Labute approximate surface area is 179 Å². The molecule has 0 radical (unpaired) electrons. The first kappa shape index (κ1) is 20.0. The molecule has 4 aromatic rings. The van der Waals surface area contributed by atoms with E-state index in [9.17, 15) is 4.79 Å². The Morgan fingerprint density at radius 3 is 2.63 bits per heavy atom. The number of carbonyl (C=O) groups is 1. The monoisotopic (exact) mass is 418 g/mol. The first-order valence-corrected chi connectivity index (χ1v) is 10.7. The van der Waals surface area contributed by atoms with Gasteiger partial charge in [-0.05, 0) is 48.7 Å². The molecule has 0 bridgehead atoms. The zero-order valence-electron chi connectivity index (χ0n) is 16.8. The molecule has 30 heavy (non-hydrogen) atoms. The van der Waals surface area contributed by atoms with Crippen LogP contribution in [0.2, 0.25) is 0 Å². The molecular formula is C23H22N4O2S. The molecule has 6 nitrogen and oxygen atoms in total. The van der Waals surface area contributed by atoms with Crippen LogP contribution in [-0.2, 0) is 11.2 Å². The quantitative estimate of drug-likeness (QED) is 0.421. The van der Waals surface area contributed by atoms with E-state index in [0.29, 0.717) is 16.7 Å². The molecule has 0 spiro atoms. The van der Waals surface area contributed by atoms with Crippen LogP contribution in [0.3, 0.4) is 0 Å². The number of anilines is 1. The highest BCUT2D eigenvalue weighted by Gasteiger charge is 2.19. The minimum absolute atomic E-state index is 0.0776. The minimum atomic E-state index is -0.0776. The van der Waals surface area contributed by atoms with Crippen LogP contribution in [0.4, 0.5) is 5.69 Å². The van der Waals surface area contributed by atoms with Crippen LogP contribution in [-0.4, -0.2) is 26.4 Å². The first-order chi connectivity index (χ1) is 14.7. The number of benzene rings is 2. The van der Waals surface area contributed by atoms with Crippen molar-refractivity contribution >= 4 is 23.4 Å². The number of nitrogens with one attached hydrogen (secondary N) is 1. The third kappa shape index (κ3) is 4.16. The van der Waals surface area contributed by atoms with E-state index in [1.807, 2.05) is 72.2 Å². The van der Waals surface area contributed by atoms with Gasteiger partial charge in [-0.1, -0.05) is 55.1 Å². The predicted octanol–water partition coefficient (Wildman–Crippen LogP) is 5.13. The molecule has 1 amide bonds. The second-order valence-corrected chi connectivity index (χ2v) is 7.70. The number of carbonyl (C=O) groups excluding carboxylic acids is 1. The van der Waals surface area contributed by atoms with Crippen LogP contribution in [0, 0.1) is 6.92 Å². The summed E-state index contributed by atoms with van der Waals surface area (Å²) < 4.78 is 7.43. The van der Waals surface area contributed by atoms with Crippen LogP contribution >= 0.6 is 11.8 Å². The fourth-order valence-electron chi connectivity index (χ4n) is 3.25. The van der Waals surface area contributed by atoms with E-state index in [1.54, 1.807) is 6.26 Å². The van der Waals surface area contributed by atoms with Gasteiger partial charge in [-0.3, -0.25) is 9.36 Å². The van der Waals surface area contributed by atoms with Gasteiger partial charge < -0.3 is 9.73 Å². The van der Waals surface area contributed by atoms with Crippen LogP contribution < -0.4 is 5.32 Å². The Bertz CT molecular complexity index is 1140. The number of aromatic nitrogens is 3. The highest BCUT2D eigenvalue weighted by Crippen LogP contribution is 2.28. The van der Waals surface area contributed by atoms with E-state index in [1.165, 1.54) is 11.8 Å². The molecule has 1 N–H and O–H groups in total. The maximum atomic E-state index is 12.7. The lowest BCUT2D eigenvalue weighted by Gasteiger charge is -2.13. The molecule has 0 saturated heterocycles. The van der Waals surface area contributed by atoms with Crippen LogP contribution in [0.25, 0.3) is 17.3 Å². The van der Waals surface area contributed by atoms with Gasteiger partial charge >= 0.3 is 0 Å². The largest absolute Gasteiger partial charge is 0.461 e. The van der Waals surface area contributed by atoms with Crippen molar-refractivity contribution in [2.45, 2.75) is 25.4 Å². The van der Waals surface area contributed by atoms with E-state index < -0.39 is 0 Å². The van der Waals surface area contributed by atoms with Crippen molar-refractivity contribution in [3.8, 4) is 17.3 Å². The van der Waals surface area contributed by atoms with Crippen molar-refractivity contribution < 1.29 is 9.21 Å². The highest BCUT2D eigenvalue weighted by atomic mass is 32.2. The molecule has 0 atom stereocenters. The number of hydrogen-bond acceptors (Lipinski definition) is 5. The Kier molecular flexibility index (Phi) is 5.99.